The predicted molar refractivity (Wildman–Crippen MR) is 55.3 cm³/mol. The van der Waals surface area contributed by atoms with Crippen LogP contribution in [-0.4, -0.2) is 27.4 Å². The molecule has 0 saturated carbocycles. The summed E-state index contributed by atoms with van der Waals surface area (Å²) in [4.78, 5) is 4.05. The van der Waals surface area contributed by atoms with Crippen molar-refractivity contribution >= 4 is 7.32 Å². The van der Waals surface area contributed by atoms with E-state index in [9.17, 15) is 0 Å². The smallest absolute Gasteiger partial charge is 0.402 e. The topological polar surface area (TPSA) is 73.6 Å². The molecular weight excluding hydrogens is 181 g/mol. The lowest BCUT2D eigenvalue weighted by atomic mass is 9.88. The van der Waals surface area contributed by atoms with Crippen LogP contribution in [0.5, 0.6) is 0 Å². The molecule has 0 aliphatic rings. The van der Waals surface area contributed by atoms with E-state index in [4.69, 9.17) is 15.1 Å². The van der Waals surface area contributed by atoms with Gasteiger partial charge in [-0.2, -0.15) is 0 Å². The number of nitrogens with zero attached hydrogens (tertiary/aromatic N) is 1. The van der Waals surface area contributed by atoms with Crippen molar-refractivity contribution < 1.29 is 15.1 Å². The molecule has 0 aromatic carbocycles. The van der Waals surface area contributed by atoms with Crippen LogP contribution >= 0.6 is 0 Å². The van der Waals surface area contributed by atoms with Crippen molar-refractivity contribution in [2.45, 2.75) is 26.2 Å². The van der Waals surface area contributed by atoms with Crippen LogP contribution in [-0.2, 0) is 5.41 Å². The lowest BCUT2D eigenvalue weighted by molar-refractivity contribution is 0.278. The van der Waals surface area contributed by atoms with Crippen LogP contribution in [0.2, 0.25) is 0 Å². The fourth-order valence-corrected chi connectivity index (χ4v) is 0.806. The Balaban J connectivity index is 0.000000364. The van der Waals surface area contributed by atoms with E-state index < -0.39 is 7.32 Å². The van der Waals surface area contributed by atoms with Crippen molar-refractivity contribution in [1.82, 2.24) is 4.98 Å². The zero-order valence-electron chi connectivity index (χ0n) is 8.68. The molecule has 1 aromatic rings. The van der Waals surface area contributed by atoms with Gasteiger partial charge in [0.25, 0.3) is 0 Å². The van der Waals surface area contributed by atoms with Gasteiger partial charge in [-0.15, -0.1) is 0 Å². The second kappa shape index (κ2) is 5.75. The maximum Gasteiger partial charge on any atom is 0.631 e. The number of hydrogen-bond donors (Lipinski definition) is 3. The van der Waals surface area contributed by atoms with Crippen molar-refractivity contribution in [1.29, 1.82) is 0 Å². The second-order valence-electron chi connectivity index (χ2n) is 3.84. The number of rotatable bonds is 0. The molecule has 1 rings (SSSR count). The van der Waals surface area contributed by atoms with E-state index in [0.717, 1.165) is 0 Å². The first-order valence-corrected chi connectivity index (χ1v) is 4.29. The second-order valence-corrected chi connectivity index (χ2v) is 3.84. The molecule has 0 radical (unpaired) electrons. The van der Waals surface area contributed by atoms with Crippen LogP contribution in [0.4, 0.5) is 0 Å². The van der Waals surface area contributed by atoms with Crippen LogP contribution in [0.25, 0.3) is 0 Å². The molecule has 14 heavy (non-hydrogen) atoms. The van der Waals surface area contributed by atoms with E-state index in [-0.39, 0.29) is 5.41 Å². The van der Waals surface area contributed by atoms with E-state index in [1.807, 2.05) is 12.3 Å². The molecule has 1 heterocycles. The Labute approximate surface area is 84.4 Å². The number of pyridine rings is 1. The Morgan fingerprint density at radius 3 is 1.93 bits per heavy atom. The highest BCUT2D eigenvalue weighted by atomic mass is 16.5. The molecule has 0 fully saturated rings. The van der Waals surface area contributed by atoms with Crippen molar-refractivity contribution in [3.05, 3.63) is 30.1 Å². The van der Waals surface area contributed by atoms with Gasteiger partial charge in [0.2, 0.25) is 0 Å². The van der Waals surface area contributed by atoms with Crippen LogP contribution in [0.15, 0.2) is 24.5 Å². The van der Waals surface area contributed by atoms with Gasteiger partial charge in [-0.1, -0.05) is 26.8 Å². The maximum absolute atomic E-state index is 7.17. The molecule has 4 nitrogen and oxygen atoms in total. The summed E-state index contributed by atoms with van der Waals surface area (Å²) >= 11 is 0. The third-order valence-corrected chi connectivity index (χ3v) is 1.53. The normalized spacial score (nSPS) is 10.1. The molecule has 5 heteroatoms. The number of aromatic nitrogens is 1. The van der Waals surface area contributed by atoms with Crippen LogP contribution in [0, 0.1) is 0 Å². The fourth-order valence-electron chi connectivity index (χ4n) is 0.806. The van der Waals surface area contributed by atoms with Gasteiger partial charge in [-0.05, 0) is 17.0 Å². The van der Waals surface area contributed by atoms with Crippen molar-refractivity contribution in [2.24, 2.45) is 0 Å². The number of hydrogen-bond acceptors (Lipinski definition) is 4. The van der Waals surface area contributed by atoms with E-state index in [1.165, 1.54) is 5.56 Å². The predicted octanol–water partition coefficient (Wildman–Crippen LogP) is 0.327. The molecule has 0 atom stereocenters. The van der Waals surface area contributed by atoms with Crippen LogP contribution in [0.3, 0.4) is 0 Å². The minimum absolute atomic E-state index is 0.230. The Kier molecular flexibility index (Phi) is 5.38. The molecule has 78 valence electrons. The Morgan fingerprint density at radius 2 is 1.71 bits per heavy atom. The maximum atomic E-state index is 7.17. The van der Waals surface area contributed by atoms with Gasteiger partial charge in [-0.3, -0.25) is 4.98 Å². The van der Waals surface area contributed by atoms with Crippen LogP contribution < -0.4 is 0 Å². The monoisotopic (exact) mass is 197 g/mol. The van der Waals surface area contributed by atoms with Gasteiger partial charge in [0.15, 0.2) is 0 Å². The third kappa shape index (κ3) is 6.59. The highest BCUT2D eigenvalue weighted by Crippen LogP contribution is 2.19. The van der Waals surface area contributed by atoms with E-state index in [1.54, 1.807) is 6.20 Å². The highest BCUT2D eigenvalue weighted by molar-refractivity contribution is 6.30. The molecule has 0 aliphatic carbocycles. The third-order valence-electron chi connectivity index (χ3n) is 1.53. The average Bonchev–Trinajstić information content (AvgIpc) is 2.03. The molecule has 1 aromatic heterocycles. The summed E-state index contributed by atoms with van der Waals surface area (Å²) in [5.74, 6) is 0. The quantitative estimate of drug-likeness (QED) is 0.524. The fraction of sp³-hybridized carbons (Fsp3) is 0.444. The summed E-state index contributed by atoms with van der Waals surface area (Å²) in [7, 11) is -2.17. The summed E-state index contributed by atoms with van der Waals surface area (Å²) in [5.41, 5.74) is 1.52. The van der Waals surface area contributed by atoms with Gasteiger partial charge < -0.3 is 15.1 Å². The Morgan fingerprint density at radius 1 is 1.21 bits per heavy atom. The summed E-state index contributed by atoms with van der Waals surface area (Å²) in [5, 5.41) is 21.5. The zero-order chi connectivity index (χ0) is 11.2. The molecule has 0 unspecified atom stereocenters. The van der Waals surface area contributed by atoms with E-state index in [2.05, 4.69) is 31.8 Å². The summed E-state index contributed by atoms with van der Waals surface area (Å²) in [6.45, 7) is 6.55. The lowest BCUT2D eigenvalue weighted by Gasteiger charge is -2.17. The summed E-state index contributed by atoms with van der Waals surface area (Å²) in [6, 6.07) is 4.08. The van der Waals surface area contributed by atoms with E-state index >= 15 is 0 Å². The van der Waals surface area contributed by atoms with E-state index in [0.29, 0.717) is 0 Å². The zero-order valence-corrected chi connectivity index (χ0v) is 8.68. The molecule has 0 aliphatic heterocycles. The molecule has 0 bridgehead atoms. The first-order valence-electron chi connectivity index (χ1n) is 4.29. The highest BCUT2D eigenvalue weighted by Gasteiger charge is 2.11. The molecule has 0 saturated heterocycles. The lowest BCUT2D eigenvalue weighted by Crippen LogP contribution is -2.10. The van der Waals surface area contributed by atoms with Crippen molar-refractivity contribution in [3.8, 4) is 0 Å². The van der Waals surface area contributed by atoms with Gasteiger partial charge >= 0.3 is 7.32 Å². The average molecular weight is 197 g/mol. The molecular formula is C9H16BNO3. The largest absolute Gasteiger partial charge is 0.631 e. The van der Waals surface area contributed by atoms with Crippen molar-refractivity contribution in [2.75, 3.05) is 0 Å². The summed E-state index contributed by atoms with van der Waals surface area (Å²) in [6.07, 6.45) is 3.72. The van der Waals surface area contributed by atoms with Gasteiger partial charge in [0.1, 0.15) is 0 Å². The SMILES string of the molecule is CC(C)(C)c1cccnc1.OB(O)O. The standard InChI is InChI=1S/C9H13N.BH3O3/c1-9(2,3)8-5-4-6-10-7-8;2-1(3)4/h4-7H,1-3H3;2-4H. The molecule has 3 N–H and O–H groups in total. The van der Waals surface area contributed by atoms with Crippen molar-refractivity contribution in [3.63, 3.8) is 0 Å². The minimum Gasteiger partial charge on any atom is -0.402 e. The summed E-state index contributed by atoms with van der Waals surface area (Å²) < 4.78 is 0. The van der Waals surface area contributed by atoms with Gasteiger partial charge in [-0.25, -0.2) is 0 Å². The molecule has 0 amide bonds. The van der Waals surface area contributed by atoms with Gasteiger partial charge in [0, 0.05) is 12.4 Å². The Hall–Kier alpha value is -0.905. The Bertz CT molecular complexity index is 243. The van der Waals surface area contributed by atoms with Gasteiger partial charge in [0.05, 0.1) is 0 Å². The first-order chi connectivity index (χ1) is 6.34. The van der Waals surface area contributed by atoms with Crippen LogP contribution in [0.1, 0.15) is 26.3 Å². The minimum atomic E-state index is -2.17. The molecule has 0 spiro atoms. The first kappa shape index (κ1) is 13.1.